The molecule has 0 atom stereocenters. The summed E-state index contributed by atoms with van der Waals surface area (Å²) in [7, 11) is 1.63. The molecule has 2 aromatic rings. The number of hydrogen-bond donors (Lipinski definition) is 0. The summed E-state index contributed by atoms with van der Waals surface area (Å²) < 4.78 is 7.16. The molecule has 0 aliphatic carbocycles. The minimum atomic E-state index is -0.179. The van der Waals surface area contributed by atoms with Gasteiger partial charge in [0, 0.05) is 52.6 Å². The number of likely N-dealkylation sites (N-methyl/N-ethyl adjacent to an activating group) is 1. The molecule has 0 bridgehead atoms. The van der Waals surface area contributed by atoms with Crippen molar-refractivity contribution >= 4 is 51.7 Å². The van der Waals surface area contributed by atoms with Crippen LogP contribution in [0.4, 0.5) is 5.82 Å². The molecule has 2 fully saturated rings. The van der Waals surface area contributed by atoms with Gasteiger partial charge in [-0.05, 0) is 37.6 Å². The van der Waals surface area contributed by atoms with Gasteiger partial charge in [-0.2, -0.15) is 0 Å². The molecule has 0 spiro atoms. The highest BCUT2D eigenvalue weighted by Gasteiger charge is 2.33. The fraction of sp³-hybridized carbons (Fsp3) is 0.478. The maximum atomic E-state index is 13.6. The number of aryl methyl sites for hydroxylation is 1. The van der Waals surface area contributed by atoms with E-state index < -0.39 is 0 Å². The maximum Gasteiger partial charge on any atom is 0.267 e. The normalized spacial score (nSPS) is 18.8. The molecular weight excluding hydrogens is 458 g/mol. The van der Waals surface area contributed by atoms with E-state index >= 15 is 0 Å². The number of fused-ring (bicyclic) bond motifs is 1. The van der Waals surface area contributed by atoms with Crippen molar-refractivity contribution in [3.05, 3.63) is 44.7 Å². The molecule has 0 unspecified atom stereocenters. The van der Waals surface area contributed by atoms with Crippen molar-refractivity contribution in [1.82, 2.24) is 19.2 Å². The van der Waals surface area contributed by atoms with Crippen LogP contribution in [-0.2, 0) is 9.53 Å². The van der Waals surface area contributed by atoms with Crippen LogP contribution in [0, 0.1) is 6.92 Å². The minimum Gasteiger partial charge on any atom is -0.385 e. The van der Waals surface area contributed by atoms with Gasteiger partial charge in [0.15, 0.2) is 0 Å². The highest BCUT2D eigenvalue weighted by molar-refractivity contribution is 8.26. The van der Waals surface area contributed by atoms with Gasteiger partial charge in [0.1, 0.15) is 15.8 Å². The Kier molecular flexibility index (Phi) is 7.48. The van der Waals surface area contributed by atoms with Crippen LogP contribution in [0.2, 0.25) is 0 Å². The van der Waals surface area contributed by atoms with Gasteiger partial charge < -0.3 is 14.5 Å². The minimum absolute atomic E-state index is 0.170. The predicted molar refractivity (Wildman–Crippen MR) is 137 cm³/mol. The molecule has 2 aliphatic rings. The molecule has 0 N–H and O–H groups in total. The second-order valence-electron chi connectivity index (χ2n) is 8.14. The van der Waals surface area contributed by atoms with E-state index in [1.54, 1.807) is 28.7 Å². The highest BCUT2D eigenvalue weighted by Crippen LogP contribution is 2.33. The van der Waals surface area contributed by atoms with Crippen LogP contribution in [0.25, 0.3) is 11.7 Å². The summed E-state index contributed by atoms with van der Waals surface area (Å²) in [6.07, 6.45) is 4.10. The monoisotopic (exact) mass is 487 g/mol. The fourth-order valence-electron chi connectivity index (χ4n) is 4.13. The number of anilines is 1. The quantitative estimate of drug-likeness (QED) is 0.335. The molecule has 4 rings (SSSR count). The number of nitrogens with zero attached hydrogens (tertiary/aromatic N) is 5. The zero-order valence-corrected chi connectivity index (χ0v) is 20.9. The lowest BCUT2D eigenvalue weighted by Crippen LogP contribution is -2.47. The molecular formula is C23H29N5O3S2. The largest absolute Gasteiger partial charge is 0.385 e. The number of pyridine rings is 1. The highest BCUT2D eigenvalue weighted by atomic mass is 32.2. The van der Waals surface area contributed by atoms with Gasteiger partial charge in [-0.25, -0.2) is 4.98 Å². The number of carbonyl (C=O) groups is 1. The molecule has 176 valence electrons. The lowest BCUT2D eigenvalue weighted by atomic mass is 10.2. The number of carbonyl (C=O) groups excluding carboxylic acids is 1. The molecule has 2 aromatic heterocycles. The predicted octanol–water partition coefficient (Wildman–Crippen LogP) is 2.38. The van der Waals surface area contributed by atoms with Crippen LogP contribution in [0.15, 0.2) is 28.0 Å². The number of piperazine rings is 1. The van der Waals surface area contributed by atoms with E-state index in [1.165, 1.54) is 11.8 Å². The molecule has 4 heterocycles. The van der Waals surface area contributed by atoms with Crippen LogP contribution in [0.3, 0.4) is 0 Å². The fourth-order valence-corrected chi connectivity index (χ4v) is 5.42. The van der Waals surface area contributed by atoms with E-state index in [2.05, 4.69) is 16.7 Å². The van der Waals surface area contributed by atoms with Crippen molar-refractivity contribution in [3.8, 4) is 0 Å². The first-order chi connectivity index (χ1) is 15.9. The van der Waals surface area contributed by atoms with E-state index in [4.69, 9.17) is 21.9 Å². The summed E-state index contributed by atoms with van der Waals surface area (Å²) in [5, 5.41) is 0. The van der Waals surface area contributed by atoms with Gasteiger partial charge in [0.25, 0.3) is 11.5 Å². The van der Waals surface area contributed by atoms with Crippen LogP contribution >= 0.6 is 24.0 Å². The molecule has 2 aliphatic heterocycles. The van der Waals surface area contributed by atoms with Crippen LogP contribution < -0.4 is 10.5 Å². The Morgan fingerprint density at radius 2 is 2.00 bits per heavy atom. The van der Waals surface area contributed by atoms with Crippen LogP contribution in [0.5, 0.6) is 0 Å². The molecule has 0 aromatic carbocycles. The van der Waals surface area contributed by atoms with Crippen molar-refractivity contribution in [1.29, 1.82) is 0 Å². The first-order valence-corrected chi connectivity index (χ1v) is 12.4. The smallest absolute Gasteiger partial charge is 0.267 e. The zero-order valence-electron chi connectivity index (χ0n) is 19.2. The molecule has 2 saturated heterocycles. The summed E-state index contributed by atoms with van der Waals surface area (Å²) in [4.78, 5) is 38.2. The Morgan fingerprint density at radius 3 is 2.70 bits per heavy atom. The van der Waals surface area contributed by atoms with E-state index in [0.717, 1.165) is 38.3 Å². The average Bonchev–Trinajstić information content (AvgIpc) is 3.09. The van der Waals surface area contributed by atoms with Gasteiger partial charge in [0.05, 0.1) is 10.5 Å². The Hall–Kier alpha value is -2.27. The molecule has 0 radical (unpaired) electrons. The van der Waals surface area contributed by atoms with Crippen molar-refractivity contribution in [2.75, 3.05) is 57.9 Å². The summed E-state index contributed by atoms with van der Waals surface area (Å²) >= 11 is 6.68. The Balaban J connectivity index is 1.76. The van der Waals surface area contributed by atoms with E-state index in [1.807, 2.05) is 19.1 Å². The first-order valence-electron chi connectivity index (χ1n) is 11.2. The van der Waals surface area contributed by atoms with Gasteiger partial charge in [-0.3, -0.25) is 18.9 Å². The van der Waals surface area contributed by atoms with Gasteiger partial charge in [-0.1, -0.05) is 37.0 Å². The maximum absolute atomic E-state index is 13.6. The van der Waals surface area contributed by atoms with Crippen molar-refractivity contribution < 1.29 is 9.53 Å². The number of amides is 1. The third-order valence-electron chi connectivity index (χ3n) is 6.06. The number of aromatic nitrogens is 2. The lowest BCUT2D eigenvalue weighted by Gasteiger charge is -2.35. The standard InChI is InChI=1S/C23H29N5O3S2/c1-4-25-10-12-26(13-11-25)20-17(21(29)27-8-5-7-16(2)19(27)24-20)15-18-22(30)28(23(32)33-18)9-6-14-31-3/h5,7-8,15H,4,6,9-14H2,1-3H3/b18-15+. The zero-order chi connectivity index (χ0) is 23.5. The van der Waals surface area contributed by atoms with Crippen molar-refractivity contribution in [2.45, 2.75) is 20.3 Å². The molecule has 8 nitrogen and oxygen atoms in total. The third-order valence-corrected chi connectivity index (χ3v) is 7.44. The lowest BCUT2D eigenvalue weighted by molar-refractivity contribution is -0.122. The van der Waals surface area contributed by atoms with Crippen LogP contribution in [-0.4, -0.2) is 82.4 Å². The number of methoxy groups -OCH3 is 1. The van der Waals surface area contributed by atoms with Gasteiger partial charge in [0.2, 0.25) is 0 Å². The second-order valence-corrected chi connectivity index (χ2v) is 9.82. The first kappa shape index (κ1) is 23.9. The van der Waals surface area contributed by atoms with Crippen LogP contribution in [0.1, 0.15) is 24.5 Å². The number of rotatable bonds is 7. The summed E-state index contributed by atoms with van der Waals surface area (Å²) in [5.41, 5.74) is 1.82. The number of thiocarbonyl (C=S) groups is 1. The van der Waals surface area contributed by atoms with E-state index in [9.17, 15) is 9.59 Å². The summed E-state index contributed by atoms with van der Waals surface area (Å²) in [6, 6.07) is 3.79. The van der Waals surface area contributed by atoms with E-state index in [0.29, 0.717) is 45.8 Å². The number of ether oxygens (including phenoxy) is 1. The Labute approximate surface area is 203 Å². The molecule has 0 saturated carbocycles. The average molecular weight is 488 g/mol. The molecule has 10 heteroatoms. The summed E-state index contributed by atoms with van der Waals surface area (Å²) in [6.45, 7) is 9.53. The second kappa shape index (κ2) is 10.3. The Morgan fingerprint density at radius 1 is 1.24 bits per heavy atom. The molecule has 33 heavy (non-hydrogen) atoms. The van der Waals surface area contributed by atoms with E-state index in [-0.39, 0.29) is 11.5 Å². The summed E-state index contributed by atoms with van der Waals surface area (Å²) in [5.74, 6) is 0.464. The third kappa shape index (κ3) is 4.84. The topological polar surface area (TPSA) is 70.4 Å². The number of thioether (sulfide) groups is 1. The van der Waals surface area contributed by atoms with Gasteiger partial charge >= 0.3 is 0 Å². The van der Waals surface area contributed by atoms with Gasteiger partial charge in [-0.15, -0.1) is 0 Å². The SMILES string of the molecule is CCN1CCN(c2nc3c(C)cccn3c(=O)c2/C=C2/SC(=S)N(CCCOC)C2=O)CC1. The van der Waals surface area contributed by atoms with Crippen molar-refractivity contribution in [3.63, 3.8) is 0 Å². The Bertz CT molecular complexity index is 1150. The molecule has 1 amide bonds. The number of hydrogen-bond acceptors (Lipinski definition) is 8. The van der Waals surface area contributed by atoms with Crippen molar-refractivity contribution in [2.24, 2.45) is 0 Å².